The summed E-state index contributed by atoms with van der Waals surface area (Å²) in [5, 5.41) is 4.64. The number of nitrogens with one attached hydrogen (secondary N) is 1. The highest BCUT2D eigenvalue weighted by Crippen LogP contribution is 2.27. The Morgan fingerprint density at radius 1 is 1.35 bits per heavy atom. The first kappa shape index (κ1) is 19.3. The molecule has 1 amide bonds. The first-order chi connectivity index (χ1) is 10.8. The van der Waals surface area contributed by atoms with Crippen molar-refractivity contribution in [3.8, 4) is 5.75 Å². The maximum Gasteiger partial charge on any atom is 0.314 e. The van der Waals surface area contributed by atoms with Gasteiger partial charge in [0.05, 0.1) is 17.5 Å². The molecule has 0 fully saturated rings. The Bertz CT molecular complexity index is 605. The van der Waals surface area contributed by atoms with Crippen LogP contribution < -0.4 is 10.2 Å². The van der Waals surface area contributed by atoms with Crippen molar-refractivity contribution in [3.63, 3.8) is 0 Å². The van der Waals surface area contributed by atoms with Crippen LogP contribution in [0.4, 0.5) is 0 Å². The third-order valence-corrected chi connectivity index (χ3v) is 3.41. The molecule has 0 radical (unpaired) electrons. The van der Waals surface area contributed by atoms with Crippen LogP contribution in [0, 0.1) is 5.92 Å². The molecule has 0 heterocycles. The molecule has 0 aliphatic rings. The van der Waals surface area contributed by atoms with Crippen molar-refractivity contribution in [3.05, 3.63) is 28.2 Å². The quantitative estimate of drug-likeness (QED) is 0.460. The molecule has 8 heteroatoms. The lowest BCUT2D eigenvalue weighted by atomic mass is 10.1. The Balaban J connectivity index is 2.50. The molecule has 1 atom stereocenters. The van der Waals surface area contributed by atoms with E-state index in [2.05, 4.69) is 10.5 Å². The van der Waals surface area contributed by atoms with Gasteiger partial charge >= 0.3 is 5.97 Å². The molecule has 6 nitrogen and oxygen atoms in total. The summed E-state index contributed by atoms with van der Waals surface area (Å²) in [4.78, 5) is 23.2. The monoisotopic (exact) mass is 360 g/mol. The fraction of sp³-hybridized carbons (Fsp3) is 0.400. The van der Waals surface area contributed by atoms with Gasteiger partial charge in [-0.1, -0.05) is 23.2 Å². The fourth-order valence-electron chi connectivity index (χ4n) is 1.45. The molecule has 0 aromatic heterocycles. The number of hydrazone groups is 1. The van der Waals surface area contributed by atoms with E-state index in [-0.39, 0.29) is 6.61 Å². The van der Waals surface area contributed by atoms with E-state index < -0.39 is 17.8 Å². The van der Waals surface area contributed by atoms with Gasteiger partial charge in [-0.3, -0.25) is 9.59 Å². The minimum atomic E-state index is -0.540. The average Bonchev–Trinajstić information content (AvgIpc) is 2.51. The van der Waals surface area contributed by atoms with Gasteiger partial charge in [0.2, 0.25) is 0 Å². The summed E-state index contributed by atoms with van der Waals surface area (Å²) >= 11 is 11.7. The van der Waals surface area contributed by atoms with Gasteiger partial charge in [0.25, 0.3) is 5.91 Å². The van der Waals surface area contributed by atoms with E-state index in [1.54, 1.807) is 32.9 Å². The number of halogens is 2. The van der Waals surface area contributed by atoms with Crippen LogP contribution in [0.2, 0.25) is 10.0 Å². The van der Waals surface area contributed by atoms with Crippen molar-refractivity contribution < 1.29 is 19.1 Å². The lowest BCUT2D eigenvalue weighted by Gasteiger charge is -2.10. The van der Waals surface area contributed by atoms with Gasteiger partial charge in [0, 0.05) is 10.7 Å². The van der Waals surface area contributed by atoms with Crippen LogP contribution in [0.15, 0.2) is 23.3 Å². The summed E-state index contributed by atoms with van der Waals surface area (Å²) in [5.41, 5.74) is 2.74. The maximum absolute atomic E-state index is 11.7. The predicted octanol–water partition coefficient (Wildman–Crippen LogP) is 3.06. The number of carbonyl (C=O) groups is 2. The number of benzene rings is 1. The molecule has 1 unspecified atom stereocenters. The Labute approximate surface area is 144 Å². The van der Waals surface area contributed by atoms with Gasteiger partial charge < -0.3 is 9.47 Å². The normalized spacial score (nSPS) is 12.5. The Morgan fingerprint density at radius 3 is 2.65 bits per heavy atom. The van der Waals surface area contributed by atoms with Crippen LogP contribution in [-0.2, 0) is 14.3 Å². The third kappa shape index (κ3) is 6.46. The number of ether oxygens (including phenoxy) is 2. The van der Waals surface area contributed by atoms with E-state index >= 15 is 0 Å². The van der Waals surface area contributed by atoms with E-state index in [9.17, 15) is 9.59 Å². The van der Waals surface area contributed by atoms with Crippen molar-refractivity contribution in [1.29, 1.82) is 0 Å². The third-order valence-electron chi connectivity index (χ3n) is 2.88. The smallest absolute Gasteiger partial charge is 0.314 e. The summed E-state index contributed by atoms with van der Waals surface area (Å²) in [6.45, 7) is 5.01. The molecule has 0 saturated carbocycles. The second-order valence-corrected chi connectivity index (χ2v) is 5.47. The lowest BCUT2D eigenvalue weighted by Crippen LogP contribution is -2.28. The van der Waals surface area contributed by atoms with Crippen LogP contribution in [0.25, 0.3) is 0 Å². The SMILES string of the molecule is CCOC(=O)C(C)/C(C)=N/NC(=O)COc1ccc(Cl)cc1Cl. The highest BCUT2D eigenvalue weighted by Gasteiger charge is 2.17. The van der Waals surface area contributed by atoms with Gasteiger partial charge in [0.1, 0.15) is 5.75 Å². The maximum atomic E-state index is 11.7. The molecule has 0 spiro atoms. The molecular weight excluding hydrogens is 343 g/mol. The van der Waals surface area contributed by atoms with Gasteiger partial charge in [-0.15, -0.1) is 0 Å². The largest absolute Gasteiger partial charge is 0.482 e. The lowest BCUT2D eigenvalue weighted by molar-refractivity contribution is -0.145. The fourth-order valence-corrected chi connectivity index (χ4v) is 1.92. The van der Waals surface area contributed by atoms with Crippen LogP contribution >= 0.6 is 23.2 Å². The molecule has 0 bridgehead atoms. The van der Waals surface area contributed by atoms with Crippen molar-refractivity contribution in [2.24, 2.45) is 11.0 Å². The summed E-state index contributed by atoms with van der Waals surface area (Å²) in [6, 6.07) is 4.68. The van der Waals surface area contributed by atoms with Gasteiger partial charge in [0.15, 0.2) is 6.61 Å². The molecule has 1 N–H and O–H groups in total. The summed E-state index contributed by atoms with van der Waals surface area (Å²) in [6.07, 6.45) is 0. The Kier molecular flexibility index (Phi) is 7.85. The van der Waals surface area contributed by atoms with Crippen molar-refractivity contribution in [1.82, 2.24) is 5.43 Å². The minimum Gasteiger partial charge on any atom is -0.482 e. The molecule has 0 saturated heterocycles. The molecule has 1 aromatic rings. The van der Waals surface area contributed by atoms with E-state index in [0.29, 0.717) is 28.1 Å². The van der Waals surface area contributed by atoms with Gasteiger partial charge in [-0.2, -0.15) is 5.10 Å². The number of carbonyl (C=O) groups excluding carboxylic acids is 2. The van der Waals surface area contributed by atoms with Crippen LogP contribution in [0.3, 0.4) is 0 Å². The minimum absolute atomic E-state index is 0.272. The Hall–Kier alpha value is -1.79. The molecule has 1 aromatic carbocycles. The number of esters is 1. The zero-order chi connectivity index (χ0) is 17.4. The summed E-state index contributed by atoms with van der Waals surface area (Å²) in [5.74, 6) is -1.08. The van der Waals surface area contributed by atoms with E-state index in [0.717, 1.165) is 0 Å². The van der Waals surface area contributed by atoms with Crippen molar-refractivity contribution in [2.45, 2.75) is 20.8 Å². The number of rotatable bonds is 7. The number of hydrogen-bond donors (Lipinski definition) is 1. The second kappa shape index (κ2) is 9.37. The number of hydrogen-bond acceptors (Lipinski definition) is 5. The van der Waals surface area contributed by atoms with E-state index in [1.165, 1.54) is 6.07 Å². The van der Waals surface area contributed by atoms with Gasteiger partial charge in [-0.25, -0.2) is 5.43 Å². The number of amides is 1. The van der Waals surface area contributed by atoms with Gasteiger partial charge in [-0.05, 0) is 39.0 Å². The van der Waals surface area contributed by atoms with Crippen LogP contribution in [0.1, 0.15) is 20.8 Å². The van der Waals surface area contributed by atoms with Crippen molar-refractivity contribution in [2.75, 3.05) is 13.2 Å². The van der Waals surface area contributed by atoms with Crippen LogP contribution in [-0.4, -0.2) is 30.8 Å². The van der Waals surface area contributed by atoms with E-state index in [4.69, 9.17) is 32.7 Å². The van der Waals surface area contributed by atoms with Crippen LogP contribution in [0.5, 0.6) is 5.75 Å². The summed E-state index contributed by atoms with van der Waals surface area (Å²) in [7, 11) is 0. The van der Waals surface area contributed by atoms with E-state index in [1.807, 2.05) is 0 Å². The first-order valence-corrected chi connectivity index (χ1v) is 7.68. The average molecular weight is 361 g/mol. The number of nitrogens with zero attached hydrogens (tertiary/aromatic N) is 1. The highest BCUT2D eigenvalue weighted by molar-refractivity contribution is 6.35. The molecule has 0 aliphatic carbocycles. The second-order valence-electron chi connectivity index (χ2n) is 4.63. The molecule has 23 heavy (non-hydrogen) atoms. The summed E-state index contributed by atoms with van der Waals surface area (Å²) < 4.78 is 10.1. The zero-order valence-electron chi connectivity index (χ0n) is 13.1. The van der Waals surface area contributed by atoms with Crippen molar-refractivity contribution >= 4 is 40.8 Å². The molecule has 1 rings (SSSR count). The topological polar surface area (TPSA) is 77.0 Å². The molecule has 0 aliphatic heterocycles. The first-order valence-electron chi connectivity index (χ1n) is 6.92. The Morgan fingerprint density at radius 2 is 2.04 bits per heavy atom. The predicted molar refractivity (Wildman–Crippen MR) is 89.0 cm³/mol. The molecular formula is C15H18Cl2N2O4. The standard InChI is InChI=1S/C15H18Cl2N2O4/c1-4-22-15(21)9(2)10(3)18-19-14(20)8-23-13-6-5-11(16)7-12(13)17/h5-7,9H,4,8H2,1-3H3,(H,19,20)/b18-10+. The zero-order valence-corrected chi connectivity index (χ0v) is 14.6. The highest BCUT2D eigenvalue weighted by atomic mass is 35.5. The molecule has 126 valence electrons.